The van der Waals surface area contributed by atoms with Crippen molar-refractivity contribution in [3.8, 4) is 11.1 Å². The third kappa shape index (κ3) is 3.57. The van der Waals surface area contributed by atoms with Crippen LogP contribution in [0.2, 0.25) is 0 Å². The standard InChI is InChI=1S/C18H14FNO2S/c19-16-8-12-18(13-9-16)23(21,22)20-17-10-6-15(7-11-17)14-4-2-1-3-5-14/h1-13,20H. The van der Waals surface area contributed by atoms with E-state index in [1.807, 2.05) is 42.5 Å². The van der Waals surface area contributed by atoms with E-state index in [0.29, 0.717) is 5.69 Å². The summed E-state index contributed by atoms with van der Waals surface area (Å²) in [5, 5.41) is 0. The van der Waals surface area contributed by atoms with Crippen molar-refractivity contribution < 1.29 is 12.8 Å². The number of halogens is 1. The van der Waals surface area contributed by atoms with Gasteiger partial charge in [-0.3, -0.25) is 4.72 Å². The molecule has 0 aliphatic rings. The predicted octanol–water partition coefficient (Wildman–Crippen LogP) is 4.29. The zero-order valence-electron chi connectivity index (χ0n) is 12.1. The van der Waals surface area contributed by atoms with Gasteiger partial charge in [0, 0.05) is 5.69 Å². The first kappa shape index (κ1) is 15.2. The van der Waals surface area contributed by atoms with Crippen LogP contribution in [0.15, 0.2) is 83.8 Å². The van der Waals surface area contributed by atoms with Gasteiger partial charge in [-0.2, -0.15) is 0 Å². The molecule has 23 heavy (non-hydrogen) atoms. The molecular formula is C18H14FNO2S. The third-order valence-corrected chi connectivity index (χ3v) is 4.77. The van der Waals surface area contributed by atoms with Gasteiger partial charge < -0.3 is 0 Å². The van der Waals surface area contributed by atoms with Crippen molar-refractivity contribution in [1.82, 2.24) is 0 Å². The van der Waals surface area contributed by atoms with Gasteiger partial charge in [0.25, 0.3) is 10.0 Å². The highest BCUT2D eigenvalue weighted by atomic mass is 32.2. The fourth-order valence-corrected chi connectivity index (χ4v) is 3.25. The van der Waals surface area contributed by atoms with E-state index in [1.54, 1.807) is 12.1 Å². The largest absolute Gasteiger partial charge is 0.280 e. The van der Waals surface area contributed by atoms with Crippen LogP contribution in [-0.2, 0) is 10.0 Å². The summed E-state index contributed by atoms with van der Waals surface area (Å²) >= 11 is 0. The van der Waals surface area contributed by atoms with Gasteiger partial charge >= 0.3 is 0 Å². The fourth-order valence-electron chi connectivity index (χ4n) is 2.19. The lowest BCUT2D eigenvalue weighted by Gasteiger charge is -2.09. The van der Waals surface area contributed by atoms with Gasteiger partial charge in [-0.25, -0.2) is 12.8 Å². The number of sulfonamides is 1. The Balaban J connectivity index is 1.82. The van der Waals surface area contributed by atoms with Crippen molar-refractivity contribution in [3.05, 3.63) is 84.7 Å². The summed E-state index contributed by atoms with van der Waals surface area (Å²) in [7, 11) is -3.72. The minimum absolute atomic E-state index is 0.0195. The van der Waals surface area contributed by atoms with Crippen LogP contribution in [0.4, 0.5) is 10.1 Å². The van der Waals surface area contributed by atoms with Crippen LogP contribution >= 0.6 is 0 Å². The van der Waals surface area contributed by atoms with Gasteiger partial charge in [0.05, 0.1) is 4.90 Å². The molecule has 0 unspecified atom stereocenters. The lowest BCUT2D eigenvalue weighted by molar-refractivity contribution is 0.599. The summed E-state index contributed by atoms with van der Waals surface area (Å²) < 4.78 is 39.8. The average Bonchev–Trinajstić information content (AvgIpc) is 2.56. The normalized spacial score (nSPS) is 11.2. The summed E-state index contributed by atoms with van der Waals surface area (Å²) in [6, 6.07) is 21.6. The Labute approximate surface area is 134 Å². The van der Waals surface area contributed by atoms with Crippen molar-refractivity contribution in [2.75, 3.05) is 4.72 Å². The molecule has 0 atom stereocenters. The maximum absolute atomic E-state index is 12.9. The van der Waals surface area contributed by atoms with Crippen LogP contribution in [0.5, 0.6) is 0 Å². The van der Waals surface area contributed by atoms with Crippen molar-refractivity contribution in [2.45, 2.75) is 4.90 Å². The minimum atomic E-state index is -3.72. The van der Waals surface area contributed by atoms with Crippen LogP contribution in [0, 0.1) is 5.82 Å². The Kier molecular flexibility index (Phi) is 4.12. The monoisotopic (exact) mass is 327 g/mol. The first-order valence-corrected chi connectivity index (χ1v) is 8.47. The molecule has 0 radical (unpaired) electrons. The first-order chi connectivity index (χ1) is 11.0. The number of benzene rings is 3. The van der Waals surface area contributed by atoms with Crippen LogP contribution in [0.25, 0.3) is 11.1 Å². The number of hydrogen-bond donors (Lipinski definition) is 1. The molecule has 0 saturated heterocycles. The minimum Gasteiger partial charge on any atom is -0.280 e. The second-order valence-electron chi connectivity index (χ2n) is 5.00. The zero-order chi connectivity index (χ0) is 16.3. The van der Waals surface area contributed by atoms with E-state index in [9.17, 15) is 12.8 Å². The molecule has 0 spiro atoms. The Bertz CT molecular complexity index is 890. The van der Waals surface area contributed by atoms with Crippen molar-refractivity contribution in [1.29, 1.82) is 0 Å². The van der Waals surface area contributed by atoms with Gasteiger partial charge in [0.1, 0.15) is 5.82 Å². The molecule has 3 aromatic carbocycles. The van der Waals surface area contributed by atoms with Gasteiger partial charge in [-0.1, -0.05) is 42.5 Å². The molecule has 0 aliphatic carbocycles. The maximum Gasteiger partial charge on any atom is 0.261 e. The summed E-state index contributed by atoms with van der Waals surface area (Å²) in [5.41, 5.74) is 2.50. The van der Waals surface area contributed by atoms with Crippen LogP contribution in [0.1, 0.15) is 0 Å². The second kappa shape index (κ2) is 6.22. The highest BCUT2D eigenvalue weighted by Crippen LogP contribution is 2.22. The highest BCUT2D eigenvalue weighted by Gasteiger charge is 2.14. The molecular weight excluding hydrogens is 313 g/mol. The smallest absolute Gasteiger partial charge is 0.261 e. The average molecular weight is 327 g/mol. The summed E-state index contributed by atoms with van der Waals surface area (Å²) in [4.78, 5) is 0.0195. The molecule has 0 aromatic heterocycles. The molecule has 116 valence electrons. The molecule has 0 aliphatic heterocycles. The van der Waals surface area contributed by atoms with Crippen molar-refractivity contribution >= 4 is 15.7 Å². The third-order valence-electron chi connectivity index (χ3n) is 3.37. The van der Waals surface area contributed by atoms with Crippen molar-refractivity contribution in [3.63, 3.8) is 0 Å². The Morgan fingerprint density at radius 3 is 1.87 bits per heavy atom. The molecule has 3 nitrogen and oxygen atoms in total. The van der Waals surface area contributed by atoms with Crippen molar-refractivity contribution in [2.24, 2.45) is 0 Å². The molecule has 0 fully saturated rings. The molecule has 1 N–H and O–H groups in total. The quantitative estimate of drug-likeness (QED) is 0.777. The fraction of sp³-hybridized carbons (Fsp3) is 0. The number of nitrogens with one attached hydrogen (secondary N) is 1. The zero-order valence-corrected chi connectivity index (χ0v) is 12.9. The summed E-state index contributed by atoms with van der Waals surface area (Å²) in [6.07, 6.45) is 0. The Hall–Kier alpha value is -2.66. The highest BCUT2D eigenvalue weighted by molar-refractivity contribution is 7.92. The van der Waals surface area contributed by atoms with Crippen LogP contribution in [0.3, 0.4) is 0 Å². The van der Waals surface area contributed by atoms with E-state index in [2.05, 4.69) is 4.72 Å². The molecule has 0 amide bonds. The molecule has 0 bridgehead atoms. The topological polar surface area (TPSA) is 46.2 Å². The second-order valence-corrected chi connectivity index (χ2v) is 6.69. The lowest BCUT2D eigenvalue weighted by atomic mass is 10.1. The molecule has 3 rings (SSSR count). The lowest BCUT2D eigenvalue weighted by Crippen LogP contribution is -2.12. The molecule has 3 aromatic rings. The maximum atomic E-state index is 12.9. The summed E-state index contributed by atoms with van der Waals surface area (Å²) in [5.74, 6) is -0.476. The molecule has 0 saturated carbocycles. The summed E-state index contributed by atoms with van der Waals surface area (Å²) in [6.45, 7) is 0. The van der Waals surface area contributed by atoms with Gasteiger partial charge in [0.2, 0.25) is 0 Å². The van der Waals surface area contributed by atoms with E-state index in [-0.39, 0.29) is 4.90 Å². The SMILES string of the molecule is O=S(=O)(Nc1ccc(-c2ccccc2)cc1)c1ccc(F)cc1. The van der Waals surface area contributed by atoms with Gasteiger partial charge in [-0.15, -0.1) is 0 Å². The van der Waals surface area contributed by atoms with Crippen LogP contribution < -0.4 is 4.72 Å². The predicted molar refractivity (Wildman–Crippen MR) is 89.1 cm³/mol. The number of rotatable bonds is 4. The van der Waals surface area contributed by atoms with Gasteiger partial charge in [-0.05, 0) is 47.5 Å². The molecule has 0 heterocycles. The van der Waals surface area contributed by atoms with E-state index in [4.69, 9.17) is 0 Å². The number of hydrogen-bond acceptors (Lipinski definition) is 2. The first-order valence-electron chi connectivity index (χ1n) is 6.98. The van der Waals surface area contributed by atoms with Gasteiger partial charge in [0.15, 0.2) is 0 Å². The van der Waals surface area contributed by atoms with Crippen LogP contribution in [-0.4, -0.2) is 8.42 Å². The van der Waals surface area contributed by atoms with E-state index >= 15 is 0 Å². The Morgan fingerprint density at radius 1 is 0.696 bits per heavy atom. The van der Waals surface area contributed by atoms with E-state index in [0.717, 1.165) is 23.3 Å². The molecule has 5 heteroatoms. The van der Waals surface area contributed by atoms with E-state index < -0.39 is 15.8 Å². The number of anilines is 1. The Morgan fingerprint density at radius 2 is 1.26 bits per heavy atom. The van der Waals surface area contributed by atoms with E-state index in [1.165, 1.54) is 12.1 Å².